The molecular weight excluding hydrogens is 412 g/mol. The van der Waals surface area contributed by atoms with Gasteiger partial charge in [0.2, 0.25) is 15.9 Å². The maximum absolute atomic E-state index is 12.4. The molecule has 31 heavy (non-hydrogen) atoms. The van der Waals surface area contributed by atoms with Crippen molar-refractivity contribution in [3.63, 3.8) is 0 Å². The largest absolute Gasteiger partial charge is 0.341 e. The molecule has 0 radical (unpaired) electrons. The lowest BCUT2D eigenvalue weighted by Crippen LogP contribution is -2.31. The lowest BCUT2D eigenvalue weighted by atomic mass is 10.0. The average Bonchev–Trinajstić information content (AvgIpc) is 3.22. The van der Waals surface area contributed by atoms with E-state index in [4.69, 9.17) is 0 Å². The van der Waals surface area contributed by atoms with Crippen molar-refractivity contribution < 1.29 is 13.2 Å². The number of carbonyl (C=O) groups excluding carboxylic acids is 1. The van der Waals surface area contributed by atoms with Gasteiger partial charge in [0.05, 0.1) is 16.8 Å². The second-order valence-corrected chi connectivity index (χ2v) is 9.52. The summed E-state index contributed by atoms with van der Waals surface area (Å²) in [4.78, 5) is 14.2. The van der Waals surface area contributed by atoms with Crippen molar-refractivity contribution >= 4 is 15.9 Å². The fraction of sp³-hybridized carbons (Fsp3) is 0.304. The van der Waals surface area contributed by atoms with E-state index >= 15 is 0 Å². The van der Waals surface area contributed by atoms with Crippen molar-refractivity contribution in [1.82, 2.24) is 19.4 Å². The van der Waals surface area contributed by atoms with Crippen LogP contribution in [0.4, 0.5) is 0 Å². The number of hydrogen-bond acceptors (Lipinski definition) is 4. The van der Waals surface area contributed by atoms with Crippen LogP contribution in [0.5, 0.6) is 0 Å². The first-order valence-electron chi connectivity index (χ1n) is 10.2. The van der Waals surface area contributed by atoms with Gasteiger partial charge in [-0.15, -0.1) is 0 Å². The van der Waals surface area contributed by atoms with Gasteiger partial charge in [0.25, 0.3) is 0 Å². The lowest BCUT2D eigenvalue weighted by molar-refractivity contribution is -0.130. The maximum atomic E-state index is 12.4. The normalized spacial score (nSPS) is 11.6. The molecule has 7 nitrogen and oxygen atoms in total. The number of rotatable bonds is 9. The van der Waals surface area contributed by atoms with E-state index in [1.807, 2.05) is 48.7 Å². The van der Waals surface area contributed by atoms with Crippen molar-refractivity contribution in [1.29, 1.82) is 0 Å². The Bertz CT molecular complexity index is 1110. The Morgan fingerprint density at radius 1 is 1.10 bits per heavy atom. The second kappa shape index (κ2) is 9.89. The van der Waals surface area contributed by atoms with E-state index in [2.05, 4.69) is 23.7 Å². The van der Waals surface area contributed by atoms with Crippen LogP contribution in [0.15, 0.2) is 71.9 Å². The Labute approximate surface area is 183 Å². The van der Waals surface area contributed by atoms with Gasteiger partial charge in [0, 0.05) is 38.3 Å². The van der Waals surface area contributed by atoms with Crippen molar-refractivity contribution in [3.05, 3.63) is 78.1 Å². The lowest BCUT2D eigenvalue weighted by Gasteiger charge is -2.16. The highest BCUT2D eigenvalue weighted by molar-refractivity contribution is 7.89. The van der Waals surface area contributed by atoms with Gasteiger partial charge in [-0.3, -0.25) is 4.79 Å². The Hall–Kier alpha value is -2.97. The first kappa shape index (κ1) is 22.7. The van der Waals surface area contributed by atoms with E-state index in [9.17, 15) is 13.2 Å². The van der Waals surface area contributed by atoms with Gasteiger partial charge in [-0.1, -0.05) is 44.2 Å². The van der Waals surface area contributed by atoms with E-state index in [1.54, 1.807) is 35.0 Å². The van der Waals surface area contributed by atoms with Crippen LogP contribution in [0.1, 0.15) is 37.3 Å². The summed E-state index contributed by atoms with van der Waals surface area (Å²) in [7, 11) is -1.95. The minimum Gasteiger partial charge on any atom is -0.341 e. The number of nitrogens with zero attached hydrogens (tertiary/aromatic N) is 3. The fourth-order valence-electron chi connectivity index (χ4n) is 3.12. The van der Waals surface area contributed by atoms with Gasteiger partial charge in [0.15, 0.2) is 0 Å². The molecule has 1 heterocycles. The van der Waals surface area contributed by atoms with Crippen LogP contribution in [0.3, 0.4) is 0 Å². The average molecular weight is 441 g/mol. The highest BCUT2D eigenvalue weighted by Gasteiger charge is 2.16. The van der Waals surface area contributed by atoms with Crippen molar-refractivity contribution in [2.45, 2.75) is 37.6 Å². The van der Waals surface area contributed by atoms with Crippen molar-refractivity contribution in [2.24, 2.45) is 0 Å². The summed E-state index contributed by atoms with van der Waals surface area (Å²) < 4.78 is 29.2. The topological polar surface area (TPSA) is 84.3 Å². The molecule has 1 aromatic heterocycles. The number of carbonyl (C=O) groups is 1. The molecule has 0 aliphatic carbocycles. The molecule has 0 aliphatic heterocycles. The van der Waals surface area contributed by atoms with Gasteiger partial charge in [-0.25, -0.2) is 17.8 Å². The Morgan fingerprint density at radius 2 is 1.77 bits per heavy atom. The van der Waals surface area contributed by atoms with Crippen LogP contribution in [0.2, 0.25) is 0 Å². The summed E-state index contributed by atoms with van der Waals surface area (Å²) >= 11 is 0. The van der Waals surface area contributed by atoms with E-state index in [1.165, 1.54) is 0 Å². The second-order valence-electron chi connectivity index (χ2n) is 7.75. The molecule has 0 bridgehead atoms. The molecule has 0 unspecified atom stereocenters. The number of aromatic nitrogens is 2. The molecule has 0 saturated heterocycles. The predicted octanol–water partition coefficient (Wildman–Crippen LogP) is 3.32. The summed E-state index contributed by atoms with van der Waals surface area (Å²) in [6.07, 6.45) is 3.68. The third-order valence-corrected chi connectivity index (χ3v) is 6.47. The molecule has 0 spiro atoms. The number of nitrogens with one attached hydrogen (secondary N) is 1. The van der Waals surface area contributed by atoms with Crippen molar-refractivity contribution in [2.75, 3.05) is 13.6 Å². The van der Waals surface area contributed by atoms with E-state index in [0.717, 1.165) is 16.8 Å². The molecule has 1 N–H and O–H groups in total. The minimum atomic E-state index is -3.64. The molecule has 0 fully saturated rings. The summed E-state index contributed by atoms with van der Waals surface area (Å²) in [6.45, 7) is 4.54. The zero-order valence-electron chi connectivity index (χ0n) is 18.0. The maximum Gasteiger partial charge on any atom is 0.240 e. The highest BCUT2D eigenvalue weighted by atomic mass is 32.2. The molecule has 0 saturated carbocycles. The van der Waals surface area contributed by atoms with Gasteiger partial charge in [-0.2, -0.15) is 5.10 Å². The summed E-state index contributed by atoms with van der Waals surface area (Å²) in [5.74, 6) is 0.183. The number of benzene rings is 2. The molecular formula is C23H28N4O3S. The Kier molecular flexibility index (Phi) is 7.25. The summed E-state index contributed by atoms with van der Waals surface area (Å²) in [6, 6.07) is 16.5. The van der Waals surface area contributed by atoms with E-state index in [-0.39, 0.29) is 23.8 Å². The molecule has 2 aromatic carbocycles. The van der Waals surface area contributed by atoms with Gasteiger partial charge >= 0.3 is 0 Å². The fourth-order valence-corrected chi connectivity index (χ4v) is 4.16. The minimum absolute atomic E-state index is 0.0424. The Balaban J connectivity index is 1.50. The quantitative estimate of drug-likeness (QED) is 0.553. The van der Waals surface area contributed by atoms with Crippen LogP contribution in [0.25, 0.3) is 5.69 Å². The monoisotopic (exact) mass is 440 g/mol. The SMILES string of the molecule is CC(C)c1ccc(S(=O)(=O)NCCC(=O)N(C)Cc2cnn(-c3ccccc3)c2)cc1. The molecule has 3 rings (SSSR count). The number of amides is 1. The van der Waals surface area contributed by atoms with E-state index < -0.39 is 10.0 Å². The van der Waals surface area contributed by atoms with Gasteiger partial charge in [0.1, 0.15) is 0 Å². The third-order valence-electron chi connectivity index (χ3n) is 4.99. The Morgan fingerprint density at radius 3 is 2.42 bits per heavy atom. The highest BCUT2D eigenvalue weighted by Crippen LogP contribution is 2.17. The van der Waals surface area contributed by atoms with Crippen LogP contribution >= 0.6 is 0 Å². The molecule has 0 aliphatic rings. The molecule has 3 aromatic rings. The number of para-hydroxylation sites is 1. The zero-order chi connectivity index (χ0) is 22.4. The van der Waals surface area contributed by atoms with Crippen LogP contribution in [0, 0.1) is 0 Å². The first-order chi connectivity index (χ1) is 14.8. The summed E-state index contributed by atoms with van der Waals surface area (Å²) in [5, 5.41) is 4.33. The first-order valence-corrected chi connectivity index (χ1v) is 11.7. The number of sulfonamides is 1. The summed E-state index contributed by atoms with van der Waals surface area (Å²) in [5.41, 5.74) is 2.91. The zero-order valence-corrected chi connectivity index (χ0v) is 18.8. The molecule has 164 valence electrons. The van der Waals surface area contributed by atoms with Crippen LogP contribution < -0.4 is 4.72 Å². The molecule has 8 heteroatoms. The van der Waals surface area contributed by atoms with Crippen LogP contribution in [-0.4, -0.2) is 42.6 Å². The van der Waals surface area contributed by atoms with Crippen LogP contribution in [-0.2, 0) is 21.4 Å². The van der Waals surface area contributed by atoms with Crippen molar-refractivity contribution in [3.8, 4) is 5.69 Å². The van der Waals surface area contributed by atoms with Gasteiger partial charge in [-0.05, 0) is 35.7 Å². The van der Waals surface area contributed by atoms with Gasteiger partial charge < -0.3 is 4.90 Å². The third kappa shape index (κ3) is 6.02. The van der Waals surface area contributed by atoms with E-state index in [0.29, 0.717) is 12.5 Å². The predicted molar refractivity (Wildman–Crippen MR) is 120 cm³/mol. The smallest absolute Gasteiger partial charge is 0.240 e. The standard InChI is InChI=1S/C23H28N4O3S/c1-18(2)20-9-11-22(12-10-20)31(29,30)25-14-13-23(28)26(3)16-19-15-24-27(17-19)21-7-5-4-6-8-21/h4-12,15,17-18,25H,13-14,16H2,1-3H3. The molecule has 1 amide bonds. The number of hydrogen-bond donors (Lipinski definition) is 1. The molecule has 0 atom stereocenters.